The lowest BCUT2D eigenvalue weighted by molar-refractivity contribution is 0.660. The fourth-order valence-electron chi connectivity index (χ4n) is 7.60. The van der Waals surface area contributed by atoms with Crippen molar-refractivity contribution in [2.45, 2.75) is 19.3 Å². The van der Waals surface area contributed by atoms with Gasteiger partial charge in [0.2, 0.25) is 0 Å². The lowest BCUT2D eigenvalue weighted by Crippen LogP contribution is -2.15. The summed E-state index contributed by atoms with van der Waals surface area (Å²) in [5.41, 5.74) is 12.4. The molecule has 10 rings (SSSR count). The van der Waals surface area contributed by atoms with Crippen LogP contribution in [-0.2, 0) is 5.41 Å². The Morgan fingerprint density at radius 3 is 1.65 bits per heavy atom. The van der Waals surface area contributed by atoms with Gasteiger partial charge in [0.25, 0.3) is 0 Å². The molecule has 0 saturated carbocycles. The molecule has 0 aliphatic heterocycles. The van der Waals surface area contributed by atoms with Crippen LogP contribution in [-0.4, -0.2) is 19.9 Å². The van der Waals surface area contributed by atoms with Crippen LogP contribution in [0.2, 0.25) is 0 Å². The molecule has 0 N–H and O–H groups in total. The molecule has 0 fully saturated rings. The number of thiazole rings is 1. The highest BCUT2D eigenvalue weighted by Crippen LogP contribution is 2.51. The first kappa shape index (κ1) is 30.5. The number of fused-ring (bicyclic) bond motifs is 6. The topological polar surface area (TPSA) is 51.6 Å². The molecular formula is C47H32N4S. The van der Waals surface area contributed by atoms with E-state index in [2.05, 4.69) is 105 Å². The van der Waals surface area contributed by atoms with E-state index >= 15 is 0 Å². The predicted molar refractivity (Wildman–Crippen MR) is 215 cm³/mol. The summed E-state index contributed by atoms with van der Waals surface area (Å²) in [5, 5.41) is 3.51. The maximum atomic E-state index is 5.01. The number of hydrogen-bond donors (Lipinski definition) is 0. The molecule has 0 radical (unpaired) electrons. The largest absolute Gasteiger partial charge is 0.236 e. The summed E-state index contributed by atoms with van der Waals surface area (Å²) in [6, 6.07) is 55.6. The molecule has 246 valence electrons. The first-order chi connectivity index (χ1) is 25.5. The van der Waals surface area contributed by atoms with Gasteiger partial charge in [0, 0.05) is 33.1 Å². The zero-order valence-corrected chi connectivity index (χ0v) is 29.5. The highest BCUT2D eigenvalue weighted by Gasteiger charge is 2.36. The maximum absolute atomic E-state index is 5.01. The number of hydrogen-bond acceptors (Lipinski definition) is 5. The van der Waals surface area contributed by atoms with Gasteiger partial charge in [-0.2, -0.15) is 0 Å². The molecule has 1 aliphatic rings. The molecule has 0 saturated heterocycles. The minimum atomic E-state index is -0.192. The Kier molecular flexibility index (Phi) is 6.98. The van der Waals surface area contributed by atoms with Crippen molar-refractivity contribution in [3.63, 3.8) is 0 Å². The predicted octanol–water partition coefficient (Wildman–Crippen LogP) is 12.3. The van der Waals surface area contributed by atoms with Gasteiger partial charge in [-0.1, -0.05) is 147 Å². The van der Waals surface area contributed by atoms with Crippen molar-refractivity contribution in [1.29, 1.82) is 0 Å². The molecule has 0 atom stereocenters. The van der Waals surface area contributed by atoms with Crippen molar-refractivity contribution in [3.8, 4) is 67.0 Å². The summed E-state index contributed by atoms with van der Waals surface area (Å²) in [7, 11) is 0. The fraction of sp³-hybridized carbons (Fsp3) is 0.0638. The van der Waals surface area contributed by atoms with Crippen molar-refractivity contribution in [1.82, 2.24) is 19.9 Å². The first-order valence-corrected chi connectivity index (χ1v) is 18.4. The van der Waals surface area contributed by atoms with Crippen LogP contribution in [0.15, 0.2) is 158 Å². The lowest BCUT2D eigenvalue weighted by atomic mass is 9.81. The summed E-state index contributed by atoms with van der Waals surface area (Å²) in [6.07, 6.45) is 0. The average Bonchev–Trinajstić information content (AvgIpc) is 3.75. The molecule has 5 heteroatoms. The van der Waals surface area contributed by atoms with Crippen LogP contribution in [0.4, 0.5) is 0 Å². The van der Waals surface area contributed by atoms with E-state index in [-0.39, 0.29) is 5.41 Å². The SMILES string of the molecule is CC1(C)c2ccc(-c3ccc4ccc5nc(-c6ccccc6)sc5c4c3)cc2-c2ccc(-c3nc(-c4ccccc4)nc(-c4ccccc4)n3)cc21. The number of aromatic nitrogens is 4. The Balaban J connectivity index is 1.06. The van der Waals surface area contributed by atoms with Gasteiger partial charge in [-0.3, -0.25) is 0 Å². The lowest BCUT2D eigenvalue weighted by Gasteiger charge is -2.22. The third-order valence-electron chi connectivity index (χ3n) is 10.4. The van der Waals surface area contributed by atoms with Crippen LogP contribution in [0.3, 0.4) is 0 Å². The summed E-state index contributed by atoms with van der Waals surface area (Å²) >= 11 is 1.77. The first-order valence-electron chi connectivity index (χ1n) is 17.6. The summed E-state index contributed by atoms with van der Waals surface area (Å²) in [4.78, 5) is 19.9. The van der Waals surface area contributed by atoms with Gasteiger partial charge >= 0.3 is 0 Å². The highest BCUT2D eigenvalue weighted by atomic mass is 32.1. The van der Waals surface area contributed by atoms with Gasteiger partial charge < -0.3 is 0 Å². The maximum Gasteiger partial charge on any atom is 0.164 e. The number of benzene rings is 7. The Morgan fingerprint density at radius 2 is 0.981 bits per heavy atom. The quantitative estimate of drug-likeness (QED) is 0.181. The molecule has 1 aliphatic carbocycles. The van der Waals surface area contributed by atoms with Crippen molar-refractivity contribution >= 4 is 32.3 Å². The van der Waals surface area contributed by atoms with Crippen LogP contribution < -0.4 is 0 Å². The third-order valence-corrected chi connectivity index (χ3v) is 11.5. The van der Waals surface area contributed by atoms with Crippen molar-refractivity contribution in [2.24, 2.45) is 0 Å². The van der Waals surface area contributed by atoms with Crippen LogP contribution in [0, 0.1) is 0 Å². The van der Waals surface area contributed by atoms with E-state index in [9.17, 15) is 0 Å². The summed E-state index contributed by atoms with van der Waals surface area (Å²) in [5.74, 6) is 2.00. The zero-order chi connectivity index (χ0) is 34.8. The second-order valence-electron chi connectivity index (χ2n) is 13.9. The minimum Gasteiger partial charge on any atom is -0.236 e. The highest BCUT2D eigenvalue weighted by molar-refractivity contribution is 7.22. The molecular weight excluding hydrogens is 653 g/mol. The van der Waals surface area contributed by atoms with E-state index in [4.69, 9.17) is 19.9 Å². The van der Waals surface area contributed by atoms with Crippen LogP contribution in [0.1, 0.15) is 25.0 Å². The molecule has 4 nitrogen and oxygen atoms in total. The van der Waals surface area contributed by atoms with Gasteiger partial charge in [-0.25, -0.2) is 19.9 Å². The smallest absolute Gasteiger partial charge is 0.164 e. The molecule has 2 heterocycles. The van der Waals surface area contributed by atoms with Crippen molar-refractivity contribution in [3.05, 3.63) is 169 Å². The van der Waals surface area contributed by atoms with Gasteiger partial charge in [-0.15, -0.1) is 11.3 Å². The third kappa shape index (κ3) is 5.04. The van der Waals surface area contributed by atoms with E-state index < -0.39 is 0 Å². The van der Waals surface area contributed by atoms with Crippen LogP contribution in [0.5, 0.6) is 0 Å². The van der Waals surface area contributed by atoms with Crippen molar-refractivity contribution in [2.75, 3.05) is 0 Å². The molecule has 0 amide bonds. The van der Waals surface area contributed by atoms with Crippen LogP contribution >= 0.6 is 11.3 Å². The van der Waals surface area contributed by atoms with Crippen molar-refractivity contribution < 1.29 is 0 Å². The van der Waals surface area contributed by atoms with Gasteiger partial charge in [0.1, 0.15) is 5.01 Å². The molecule has 52 heavy (non-hydrogen) atoms. The number of nitrogens with zero attached hydrogens (tertiary/aromatic N) is 4. The van der Waals surface area contributed by atoms with E-state index in [1.54, 1.807) is 11.3 Å². The Bertz CT molecular complexity index is 2750. The van der Waals surface area contributed by atoms with E-state index in [1.165, 1.54) is 48.9 Å². The Hall–Kier alpha value is -6.30. The molecule has 0 unspecified atom stereocenters. The van der Waals surface area contributed by atoms with E-state index in [1.807, 2.05) is 66.7 Å². The fourth-order valence-corrected chi connectivity index (χ4v) is 8.69. The van der Waals surface area contributed by atoms with E-state index in [0.29, 0.717) is 17.5 Å². The normalized spacial score (nSPS) is 13.0. The molecule has 9 aromatic rings. The Labute approximate surface area is 306 Å². The molecule has 7 aromatic carbocycles. The Morgan fingerprint density at radius 1 is 0.423 bits per heavy atom. The second-order valence-corrected chi connectivity index (χ2v) is 14.9. The van der Waals surface area contributed by atoms with E-state index in [0.717, 1.165) is 32.8 Å². The van der Waals surface area contributed by atoms with Gasteiger partial charge in [-0.05, 0) is 63.0 Å². The zero-order valence-electron chi connectivity index (χ0n) is 28.7. The molecule has 0 bridgehead atoms. The molecule has 2 aromatic heterocycles. The second kappa shape index (κ2) is 11.9. The standard InChI is InChI=1S/C47H32N4S/c1-47(2)39-24-21-34(33-19-18-29-22-25-41-42(37(29)26-33)52-46(48-41)32-16-10-5-11-17-32)27-38(39)36-23-20-35(28-40(36)47)45-50-43(30-12-6-3-7-13-30)49-44(51-45)31-14-8-4-9-15-31/h3-28H,1-2H3. The monoisotopic (exact) mass is 684 g/mol. The number of rotatable bonds is 5. The van der Waals surface area contributed by atoms with Gasteiger partial charge in [0.15, 0.2) is 17.5 Å². The van der Waals surface area contributed by atoms with Crippen LogP contribution in [0.25, 0.3) is 88.0 Å². The minimum absolute atomic E-state index is 0.192. The molecule has 0 spiro atoms. The average molecular weight is 685 g/mol. The summed E-state index contributed by atoms with van der Waals surface area (Å²) in [6.45, 7) is 4.64. The summed E-state index contributed by atoms with van der Waals surface area (Å²) < 4.78 is 1.22. The van der Waals surface area contributed by atoms with Gasteiger partial charge in [0.05, 0.1) is 10.2 Å².